The lowest BCUT2D eigenvalue weighted by molar-refractivity contribution is 0.340. The summed E-state index contributed by atoms with van der Waals surface area (Å²) in [7, 11) is 0. The first-order chi connectivity index (χ1) is 10.3. The molecule has 21 heavy (non-hydrogen) atoms. The third-order valence-electron chi connectivity index (χ3n) is 3.56. The number of rotatable bonds is 4. The van der Waals surface area contributed by atoms with Crippen LogP contribution in [0.1, 0.15) is 24.1 Å². The van der Waals surface area contributed by atoms with Crippen molar-refractivity contribution in [1.82, 2.24) is 4.98 Å². The van der Waals surface area contributed by atoms with Crippen LogP contribution >= 0.6 is 0 Å². The minimum Gasteiger partial charge on any atom is -0.494 e. The Kier molecular flexibility index (Phi) is 3.84. The van der Waals surface area contributed by atoms with Gasteiger partial charge in [-0.3, -0.25) is 4.98 Å². The number of nitrogens with zero attached hydrogens (tertiary/aromatic N) is 1. The van der Waals surface area contributed by atoms with Gasteiger partial charge in [-0.25, -0.2) is 0 Å². The minimum atomic E-state index is -0.219. The molecule has 106 valence electrons. The summed E-state index contributed by atoms with van der Waals surface area (Å²) in [6.45, 7) is 2.62. The number of hydrogen-bond donors (Lipinski definition) is 1. The van der Waals surface area contributed by atoms with E-state index in [1.807, 2.05) is 55.7 Å². The maximum Gasteiger partial charge on any atom is 0.119 e. The Hall–Kier alpha value is -2.39. The van der Waals surface area contributed by atoms with Gasteiger partial charge >= 0.3 is 0 Å². The highest BCUT2D eigenvalue weighted by Gasteiger charge is 2.13. The lowest BCUT2D eigenvalue weighted by Crippen LogP contribution is -2.12. The van der Waals surface area contributed by atoms with Gasteiger partial charge in [-0.2, -0.15) is 0 Å². The van der Waals surface area contributed by atoms with Crippen molar-refractivity contribution in [3.8, 4) is 5.75 Å². The number of fused-ring (bicyclic) bond motifs is 1. The van der Waals surface area contributed by atoms with E-state index in [1.54, 1.807) is 0 Å². The maximum absolute atomic E-state index is 6.45. The molecule has 0 saturated carbocycles. The lowest BCUT2D eigenvalue weighted by Gasteiger charge is -2.15. The van der Waals surface area contributed by atoms with E-state index in [0.29, 0.717) is 6.61 Å². The number of benzene rings is 2. The third-order valence-corrected chi connectivity index (χ3v) is 3.56. The number of nitrogens with two attached hydrogens (primary N) is 1. The predicted octanol–water partition coefficient (Wildman–Crippen LogP) is 3.68. The van der Waals surface area contributed by atoms with Crippen LogP contribution in [0.2, 0.25) is 0 Å². The Balaban J connectivity index is 2.04. The summed E-state index contributed by atoms with van der Waals surface area (Å²) in [4.78, 5) is 4.31. The summed E-state index contributed by atoms with van der Waals surface area (Å²) in [5.74, 6) is 0.846. The summed E-state index contributed by atoms with van der Waals surface area (Å²) < 4.78 is 5.55. The fourth-order valence-corrected chi connectivity index (χ4v) is 2.53. The van der Waals surface area contributed by atoms with Gasteiger partial charge in [-0.1, -0.05) is 36.4 Å². The number of pyridine rings is 1. The molecule has 0 bridgehead atoms. The van der Waals surface area contributed by atoms with Crippen molar-refractivity contribution in [2.45, 2.75) is 13.0 Å². The topological polar surface area (TPSA) is 48.1 Å². The average molecular weight is 278 g/mol. The third kappa shape index (κ3) is 2.73. The Labute approximate surface area is 124 Å². The number of aromatic nitrogens is 1. The summed E-state index contributed by atoms with van der Waals surface area (Å²) in [6.07, 6.45) is 3.71. The van der Waals surface area contributed by atoms with E-state index in [2.05, 4.69) is 17.1 Å². The van der Waals surface area contributed by atoms with Gasteiger partial charge in [0.1, 0.15) is 5.75 Å². The first-order valence-electron chi connectivity index (χ1n) is 7.10. The quantitative estimate of drug-likeness (QED) is 0.792. The smallest absolute Gasteiger partial charge is 0.119 e. The zero-order valence-electron chi connectivity index (χ0n) is 12.0. The van der Waals surface area contributed by atoms with Crippen molar-refractivity contribution in [2.75, 3.05) is 6.61 Å². The van der Waals surface area contributed by atoms with Crippen molar-refractivity contribution >= 4 is 10.8 Å². The molecule has 3 rings (SSSR count). The molecule has 0 amide bonds. The molecule has 0 aliphatic rings. The summed E-state index contributed by atoms with van der Waals surface area (Å²) in [5.41, 5.74) is 8.51. The van der Waals surface area contributed by atoms with E-state index in [4.69, 9.17) is 10.5 Å². The first-order valence-corrected chi connectivity index (χ1v) is 7.10. The second kappa shape index (κ2) is 5.94. The highest BCUT2D eigenvalue weighted by molar-refractivity contribution is 5.85. The molecule has 1 unspecified atom stereocenters. The van der Waals surface area contributed by atoms with Crippen LogP contribution in [0.5, 0.6) is 5.75 Å². The van der Waals surface area contributed by atoms with Crippen molar-refractivity contribution < 1.29 is 4.74 Å². The van der Waals surface area contributed by atoms with Gasteiger partial charge in [0, 0.05) is 17.8 Å². The van der Waals surface area contributed by atoms with Gasteiger partial charge < -0.3 is 10.5 Å². The molecular formula is C18H18N2O. The van der Waals surface area contributed by atoms with Crippen LogP contribution in [0, 0.1) is 0 Å². The molecular weight excluding hydrogens is 260 g/mol. The van der Waals surface area contributed by atoms with E-state index in [-0.39, 0.29) is 6.04 Å². The van der Waals surface area contributed by atoms with Gasteiger partial charge in [0.15, 0.2) is 0 Å². The van der Waals surface area contributed by atoms with E-state index in [1.165, 1.54) is 0 Å². The molecule has 1 aromatic heterocycles. The van der Waals surface area contributed by atoms with Gasteiger partial charge in [-0.05, 0) is 35.6 Å². The van der Waals surface area contributed by atoms with Crippen LogP contribution in [-0.4, -0.2) is 11.6 Å². The average Bonchev–Trinajstić information content (AvgIpc) is 2.54. The fraction of sp³-hybridized carbons (Fsp3) is 0.167. The molecule has 0 aliphatic carbocycles. The largest absolute Gasteiger partial charge is 0.494 e. The van der Waals surface area contributed by atoms with Crippen molar-refractivity contribution in [2.24, 2.45) is 5.73 Å². The maximum atomic E-state index is 6.45. The second-order valence-corrected chi connectivity index (χ2v) is 4.93. The molecule has 0 fully saturated rings. The highest BCUT2D eigenvalue weighted by atomic mass is 16.5. The molecule has 0 aliphatic heterocycles. The highest BCUT2D eigenvalue weighted by Crippen LogP contribution is 2.28. The van der Waals surface area contributed by atoms with Gasteiger partial charge in [0.2, 0.25) is 0 Å². The molecule has 2 N–H and O–H groups in total. The Morgan fingerprint density at radius 2 is 1.95 bits per heavy atom. The van der Waals surface area contributed by atoms with Crippen molar-refractivity contribution in [3.05, 3.63) is 72.1 Å². The van der Waals surface area contributed by atoms with Crippen LogP contribution < -0.4 is 10.5 Å². The molecule has 3 heteroatoms. The Bertz CT molecular complexity index is 750. The number of hydrogen-bond acceptors (Lipinski definition) is 3. The van der Waals surface area contributed by atoms with Gasteiger partial charge in [-0.15, -0.1) is 0 Å². The molecule has 2 aromatic carbocycles. The van der Waals surface area contributed by atoms with Crippen LogP contribution in [-0.2, 0) is 0 Å². The zero-order valence-corrected chi connectivity index (χ0v) is 12.0. The molecule has 3 nitrogen and oxygen atoms in total. The monoisotopic (exact) mass is 278 g/mol. The second-order valence-electron chi connectivity index (χ2n) is 4.93. The minimum absolute atomic E-state index is 0.219. The Morgan fingerprint density at radius 3 is 2.81 bits per heavy atom. The molecule has 1 heterocycles. The molecule has 0 spiro atoms. The molecule has 0 saturated heterocycles. The predicted molar refractivity (Wildman–Crippen MR) is 85.4 cm³/mol. The van der Waals surface area contributed by atoms with Crippen LogP contribution in [0.3, 0.4) is 0 Å². The summed E-state index contributed by atoms with van der Waals surface area (Å²) in [5, 5.41) is 2.24. The fourth-order valence-electron chi connectivity index (χ4n) is 2.53. The SMILES string of the molecule is CCOc1cccc(C(N)c2cncc3ccccc23)c1. The van der Waals surface area contributed by atoms with Crippen LogP contribution in [0.15, 0.2) is 60.9 Å². The standard InChI is InChI=1S/C18H18N2O/c1-2-21-15-8-5-7-13(10-15)18(19)17-12-20-11-14-6-3-4-9-16(14)17/h3-12,18H,2,19H2,1H3. The lowest BCUT2D eigenvalue weighted by atomic mass is 9.96. The van der Waals surface area contributed by atoms with E-state index >= 15 is 0 Å². The van der Waals surface area contributed by atoms with Gasteiger partial charge in [0.05, 0.1) is 12.6 Å². The molecule has 1 atom stereocenters. The van der Waals surface area contributed by atoms with Crippen molar-refractivity contribution in [3.63, 3.8) is 0 Å². The van der Waals surface area contributed by atoms with Crippen molar-refractivity contribution in [1.29, 1.82) is 0 Å². The number of ether oxygens (including phenoxy) is 1. The molecule has 0 radical (unpaired) electrons. The van der Waals surface area contributed by atoms with E-state index in [0.717, 1.165) is 27.6 Å². The van der Waals surface area contributed by atoms with E-state index in [9.17, 15) is 0 Å². The summed E-state index contributed by atoms with van der Waals surface area (Å²) >= 11 is 0. The van der Waals surface area contributed by atoms with Gasteiger partial charge in [0.25, 0.3) is 0 Å². The zero-order chi connectivity index (χ0) is 14.7. The normalized spacial score (nSPS) is 12.3. The Morgan fingerprint density at radius 1 is 1.10 bits per heavy atom. The van der Waals surface area contributed by atoms with E-state index < -0.39 is 0 Å². The first kappa shape index (κ1) is 13.6. The van der Waals surface area contributed by atoms with Crippen LogP contribution in [0.25, 0.3) is 10.8 Å². The van der Waals surface area contributed by atoms with Crippen LogP contribution in [0.4, 0.5) is 0 Å². The molecule has 3 aromatic rings. The summed E-state index contributed by atoms with van der Waals surface area (Å²) in [6, 6.07) is 15.9.